The summed E-state index contributed by atoms with van der Waals surface area (Å²) in [7, 11) is -2.40. The van der Waals surface area contributed by atoms with Gasteiger partial charge in [-0.15, -0.1) is 0 Å². The minimum absolute atomic E-state index is 0.0398. The summed E-state index contributed by atoms with van der Waals surface area (Å²) in [6.45, 7) is 2.95. The number of carbonyl (C=O) groups is 1. The Morgan fingerprint density at radius 3 is 2.33 bits per heavy atom. The number of rotatable bonds is 4. The molecule has 0 saturated heterocycles. The smallest absolute Gasteiger partial charge is 0.243 e. The molecule has 0 aliphatic carbocycles. The fraction of sp³-hybridized carbons (Fsp3) is 0.364. The van der Waals surface area contributed by atoms with E-state index in [1.165, 1.54) is 33.0 Å². The van der Waals surface area contributed by atoms with Gasteiger partial charge < -0.3 is 11.1 Å². The molecule has 0 aromatic heterocycles. The number of sulfonamides is 1. The lowest BCUT2D eigenvalue weighted by atomic mass is 10.1. The molecule has 0 radical (unpaired) electrons. The number of nitrogen functional groups attached to an aromatic ring is 1. The minimum Gasteiger partial charge on any atom is -0.398 e. The second kappa shape index (κ2) is 4.95. The molecule has 7 heteroatoms. The normalized spacial score (nSPS) is 12.2. The molecule has 0 aliphatic heterocycles. The van der Waals surface area contributed by atoms with E-state index < -0.39 is 21.5 Å². The molecular weight excluding hydrogens is 254 g/mol. The Kier molecular flexibility index (Phi) is 3.98. The van der Waals surface area contributed by atoms with Crippen molar-refractivity contribution in [2.75, 3.05) is 12.8 Å². The van der Waals surface area contributed by atoms with Crippen molar-refractivity contribution in [3.8, 4) is 0 Å². The standard InChI is InChI=1S/C11H17N3O3S/c1-11(2,10(15)13-3)14-18(16,17)9-7-5-4-6-8(9)12/h4-7,14H,12H2,1-3H3,(H,13,15). The van der Waals surface area contributed by atoms with Crippen LogP contribution in [0.2, 0.25) is 0 Å². The highest BCUT2D eigenvalue weighted by atomic mass is 32.2. The fourth-order valence-corrected chi connectivity index (χ4v) is 2.99. The summed E-state index contributed by atoms with van der Waals surface area (Å²) in [5.41, 5.74) is 4.50. The number of hydrogen-bond donors (Lipinski definition) is 3. The van der Waals surface area contributed by atoms with Crippen molar-refractivity contribution in [1.29, 1.82) is 0 Å². The quantitative estimate of drug-likeness (QED) is 0.674. The third-order valence-electron chi connectivity index (χ3n) is 2.39. The molecule has 0 aliphatic rings. The van der Waals surface area contributed by atoms with Gasteiger partial charge in [-0.25, -0.2) is 8.42 Å². The predicted molar refractivity (Wildman–Crippen MR) is 69.3 cm³/mol. The highest BCUT2D eigenvalue weighted by Crippen LogP contribution is 2.19. The lowest BCUT2D eigenvalue weighted by Gasteiger charge is -2.24. The van der Waals surface area contributed by atoms with Crippen molar-refractivity contribution in [2.45, 2.75) is 24.3 Å². The Morgan fingerprint density at radius 1 is 1.28 bits per heavy atom. The molecular formula is C11H17N3O3S. The number of nitrogens with two attached hydrogens (primary N) is 1. The van der Waals surface area contributed by atoms with Gasteiger partial charge in [-0.2, -0.15) is 4.72 Å². The van der Waals surface area contributed by atoms with Gasteiger partial charge in [-0.3, -0.25) is 4.79 Å². The first-order valence-electron chi connectivity index (χ1n) is 5.31. The van der Waals surface area contributed by atoms with E-state index in [4.69, 9.17) is 5.73 Å². The molecule has 0 heterocycles. The van der Waals surface area contributed by atoms with Crippen molar-refractivity contribution in [2.24, 2.45) is 0 Å². The highest BCUT2D eigenvalue weighted by molar-refractivity contribution is 7.89. The van der Waals surface area contributed by atoms with Gasteiger partial charge in [0.15, 0.2) is 0 Å². The largest absolute Gasteiger partial charge is 0.398 e. The Morgan fingerprint density at radius 2 is 1.83 bits per heavy atom. The third kappa shape index (κ3) is 2.99. The molecule has 18 heavy (non-hydrogen) atoms. The Hall–Kier alpha value is -1.60. The molecule has 1 rings (SSSR count). The van der Waals surface area contributed by atoms with E-state index in [2.05, 4.69) is 10.0 Å². The van der Waals surface area contributed by atoms with Crippen LogP contribution in [0.25, 0.3) is 0 Å². The number of amides is 1. The first kappa shape index (κ1) is 14.5. The van der Waals surface area contributed by atoms with Gasteiger partial charge in [0.1, 0.15) is 10.4 Å². The van der Waals surface area contributed by atoms with Crippen molar-refractivity contribution >= 4 is 21.6 Å². The van der Waals surface area contributed by atoms with Crippen molar-refractivity contribution in [3.63, 3.8) is 0 Å². The van der Waals surface area contributed by atoms with E-state index in [0.29, 0.717) is 0 Å². The average Bonchev–Trinajstić information content (AvgIpc) is 2.26. The summed E-state index contributed by atoms with van der Waals surface area (Å²) >= 11 is 0. The van der Waals surface area contributed by atoms with Gasteiger partial charge in [0.05, 0.1) is 5.69 Å². The lowest BCUT2D eigenvalue weighted by molar-refractivity contribution is -0.125. The summed E-state index contributed by atoms with van der Waals surface area (Å²) in [6, 6.07) is 6.08. The Bertz CT molecular complexity index is 552. The summed E-state index contributed by atoms with van der Waals surface area (Å²) in [4.78, 5) is 11.5. The molecule has 1 aromatic carbocycles. The number of carbonyl (C=O) groups excluding carboxylic acids is 1. The molecule has 0 fully saturated rings. The average molecular weight is 271 g/mol. The van der Waals surface area contributed by atoms with Gasteiger partial charge in [0.25, 0.3) is 0 Å². The fourth-order valence-electron chi connectivity index (χ4n) is 1.47. The number of likely N-dealkylation sites (N-methyl/N-ethyl adjacent to an activating group) is 1. The number of anilines is 1. The van der Waals surface area contributed by atoms with E-state index in [9.17, 15) is 13.2 Å². The van der Waals surface area contributed by atoms with Crippen LogP contribution < -0.4 is 15.8 Å². The van der Waals surface area contributed by atoms with Crippen molar-refractivity contribution in [3.05, 3.63) is 24.3 Å². The minimum atomic E-state index is -3.84. The zero-order valence-corrected chi connectivity index (χ0v) is 11.3. The van der Waals surface area contributed by atoms with Crippen molar-refractivity contribution in [1.82, 2.24) is 10.0 Å². The Labute approximate surface area is 107 Å². The van der Waals surface area contributed by atoms with E-state index in [1.807, 2.05) is 0 Å². The molecule has 0 unspecified atom stereocenters. The number of para-hydroxylation sites is 1. The van der Waals surface area contributed by atoms with Gasteiger partial charge in [0.2, 0.25) is 15.9 Å². The monoisotopic (exact) mass is 271 g/mol. The van der Waals surface area contributed by atoms with Crippen LogP contribution in [0.15, 0.2) is 29.2 Å². The van der Waals surface area contributed by atoms with E-state index in [1.54, 1.807) is 12.1 Å². The molecule has 1 amide bonds. The zero-order chi connectivity index (χ0) is 14.0. The zero-order valence-electron chi connectivity index (χ0n) is 10.5. The number of hydrogen-bond acceptors (Lipinski definition) is 4. The van der Waals surface area contributed by atoms with Crippen LogP contribution in [0, 0.1) is 0 Å². The van der Waals surface area contributed by atoms with Crippen LogP contribution in [0.1, 0.15) is 13.8 Å². The van der Waals surface area contributed by atoms with Gasteiger partial charge >= 0.3 is 0 Å². The second-order valence-electron chi connectivity index (χ2n) is 4.35. The lowest BCUT2D eigenvalue weighted by Crippen LogP contribution is -2.53. The third-order valence-corrected chi connectivity index (χ3v) is 4.12. The maximum atomic E-state index is 12.1. The first-order chi connectivity index (χ1) is 8.20. The van der Waals surface area contributed by atoms with Crippen molar-refractivity contribution < 1.29 is 13.2 Å². The molecule has 0 saturated carbocycles. The summed E-state index contributed by atoms with van der Waals surface area (Å²) in [5.74, 6) is -0.430. The number of benzene rings is 1. The summed E-state index contributed by atoms with van der Waals surface area (Å²) in [6.07, 6.45) is 0. The van der Waals surface area contributed by atoms with Gasteiger partial charge in [-0.05, 0) is 26.0 Å². The molecule has 4 N–H and O–H groups in total. The summed E-state index contributed by atoms with van der Waals surface area (Å²) < 4.78 is 26.6. The van der Waals surface area contributed by atoms with Gasteiger partial charge in [0, 0.05) is 7.05 Å². The van der Waals surface area contributed by atoms with Crippen LogP contribution in [0.4, 0.5) is 5.69 Å². The molecule has 0 bridgehead atoms. The van der Waals surface area contributed by atoms with E-state index in [-0.39, 0.29) is 10.6 Å². The van der Waals surface area contributed by atoms with Crippen LogP contribution in [0.3, 0.4) is 0 Å². The van der Waals surface area contributed by atoms with Crippen LogP contribution in [0.5, 0.6) is 0 Å². The van der Waals surface area contributed by atoms with Crippen LogP contribution in [-0.2, 0) is 14.8 Å². The molecule has 0 spiro atoms. The molecule has 6 nitrogen and oxygen atoms in total. The van der Waals surface area contributed by atoms with E-state index in [0.717, 1.165) is 0 Å². The molecule has 100 valence electrons. The topological polar surface area (TPSA) is 101 Å². The van der Waals surface area contributed by atoms with Gasteiger partial charge in [-0.1, -0.05) is 12.1 Å². The molecule has 1 aromatic rings. The maximum Gasteiger partial charge on any atom is 0.243 e. The summed E-state index contributed by atoms with van der Waals surface area (Å²) in [5, 5.41) is 2.40. The van der Waals surface area contributed by atoms with E-state index >= 15 is 0 Å². The van der Waals surface area contributed by atoms with Crippen LogP contribution >= 0.6 is 0 Å². The van der Waals surface area contributed by atoms with Crippen LogP contribution in [-0.4, -0.2) is 26.9 Å². The second-order valence-corrected chi connectivity index (χ2v) is 6.00. The number of nitrogens with one attached hydrogen (secondary N) is 2. The SMILES string of the molecule is CNC(=O)C(C)(C)NS(=O)(=O)c1ccccc1N. The molecule has 0 atom stereocenters. The predicted octanol–water partition coefficient (Wildman–Crippen LogP) is 0.0717. The Balaban J connectivity index is 3.11. The first-order valence-corrected chi connectivity index (χ1v) is 6.79. The maximum absolute atomic E-state index is 12.1. The highest BCUT2D eigenvalue weighted by Gasteiger charge is 2.33.